The first-order chi connectivity index (χ1) is 11.5. The van der Waals surface area contributed by atoms with Crippen LogP contribution in [-0.2, 0) is 25.5 Å². The van der Waals surface area contributed by atoms with Gasteiger partial charge in [-0.15, -0.1) is 0 Å². The van der Waals surface area contributed by atoms with Gasteiger partial charge < -0.3 is 15.2 Å². The molecular formula is C17H22F3NO4. The third kappa shape index (κ3) is 6.04. The van der Waals surface area contributed by atoms with Gasteiger partial charge in [-0.25, -0.2) is 13.2 Å². The lowest BCUT2D eigenvalue weighted by Crippen LogP contribution is -2.46. The highest BCUT2D eigenvalue weighted by Crippen LogP contribution is 2.22. The van der Waals surface area contributed by atoms with E-state index in [0.29, 0.717) is 12.1 Å². The molecule has 0 fully saturated rings. The standard InChI is InChI=1S/C17H22F3NO4/c1-5-24-16(23)14(21)10(15(22)25-17(2,3)4)6-9-7-12(19)13(20)8-11(9)18/h7-8,10,14H,5-6,21H2,1-4H3. The van der Waals surface area contributed by atoms with E-state index in [2.05, 4.69) is 0 Å². The highest BCUT2D eigenvalue weighted by molar-refractivity contribution is 5.85. The van der Waals surface area contributed by atoms with E-state index in [-0.39, 0.29) is 12.2 Å². The van der Waals surface area contributed by atoms with E-state index in [0.717, 1.165) is 0 Å². The second kappa shape index (κ2) is 8.33. The molecule has 25 heavy (non-hydrogen) atoms. The van der Waals surface area contributed by atoms with Gasteiger partial charge in [0.1, 0.15) is 17.5 Å². The van der Waals surface area contributed by atoms with E-state index in [1.807, 2.05) is 0 Å². The highest BCUT2D eigenvalue weighted by atomic mass is 19.2. The zero-order valence-corrected chi connectivity index (χ0v) is 14.6. The van der Waals surface area contributed by atoms with Gasteiger partial charge in [-0.1, -0.05) is 0 Å². The first-order valence-electron chi connectivity index (χ1n) is 7.74. The van der Waals surface area contributed by atoms with E-state index in [1.54, 1.807) is 27.7 Å². The Morgan fingerprint density at radius 2 is 1.64 bits per heavy atom. The van der Waals surface area contributed by atoms with Crippen LogP contribution in [0.3, 0.4) is 0 Å². The second-order valence-electron chi connectivity index (χ2n) is 6.48. The van der Waals surface area contributed by atoms with Crippen LogP contribution in [0.1, 0.15) is 33.3 Å². The molecule has 0 saturated carbocycles. The molecule has 0 radical (unpaired) electrons. The van der Waals surface area contributed by atoms with Crippen molar-refractivity contribution in [3.05, 3.63) is 35.1 Å². The highest BCUT2D eigenvalue weighted by Gasteiger charge is 2.36. The van der Waals surface area contributed by atoms with E-state index in [1.165, 1.54) is 0 Å². The number of hydrogen-bond acceptors (Lipinski definition) is 5. The SMILES string of the molecule is CCOC(=O)C(N)C(Cc1cc(F)c(F)cc1F)C(=O)OC(C)(C)C. The van der Waals surface area contributed by atoms with Gasteiger partial charge >= 0.3 is 11.9 Å². The normalized spacial score (nSPS) is 13.9. The van der Waals surface area contributed by atoms with Crippen LogP contribution >= 0.6 is 0 Å². The fourth-order valence-corrected chi connectivity index (χ4v) is 2.09. The van der Waals surface area contributed by atoms with Gasteiger partial charge in [0, 0.05) is 6.07 Å². The minimum Gasteiger partial charge on any atom is -0.465 e. The predicted octanol–water partition coefficient (Wildman–Crippen LogP) is 2.49. The molecule has 0 amide bonds. The smallest absolute Gasteiger partial charge is 0.323 e. The molecule has 140 valence electrons. The summed E-state index contributed by atoms with van der Waals surface area (Å²) < 4.78 is 50.3. The number of rotatable bonds is 6. The molecule has 2 atom stereocenters. The molecule has 0 spiro atoms. The minimum atomic E-state index is -1.44. The van der Waals surface area contributed by atoms with E-state index in [4.69, 9.17) is 15.2 Å². The molecule has 0 aliphatic rings. The molecule has 0 bridgehead atoms. The van der Waals surface area contributed by atoms with Gasteiger partial charge in [0.05, 0.1) is 12.5 Å². The molecule has 1 aromatic carbocycles. The van der Waals surface area contributed by atoms with E-state index in [9.17, 15) is 22.8 Å². The molecule has 1 rings (SSSR count). The molecule has 0 heterocycles. The zero-order chi connectivity index (χ0) is 19.4. The van der Waals surface area contributed by atoms with Crippen molar-refractivity contribution in [1.29, 1.82) is 0 Å². The zero-order valence-electron chi connectivity index (χ0n) is 14.6. The number of esters is 2. The average molecular weight is 361 g/mol. The summed E-state index contributed by atoms with van der Waals surface area (Å²) in [4.78, 5) is 24.2. The molecule has 0 aliphatic heterocycles. The Morgan fingerprint density at radius 1 is 1.08 bits per heavy atom. The number of nitrogens with two attached hydrogens (primary N) is 1. The van der Waals surface area contributed by atoms with Gasteiger partial charge in [-0.3, -0.25) is 9.59 Å². The van der Waals surface area contributed by atoms with Crippen LogP contribution in [0.15, 0.2) is 12.1 Å². The van der Waals surface area contributed by atoms with Crippen LogP contribution in [0.25, 0.3) is 0 Å². The fourth-order valence-electron chi connectivity index (χ4n) is 2.09. The number of benzene rings is 1. The van der Waals surface area contributed by atoms with Gasteiger partial charge in [0.15, 0.2) is 11.6 Å². The summed E-state index contributed by atoms with van der Waals surface area (Å²) in [7, 11) is 0. The van der Waals surface area contributed by atoms with Crippen LogP contribution in [0, 0.1) is 23.4 Å². The Bertz CT molecular complexity index is 644. The maximum atomic E-state index is 13.9. The Kier molecular flexibility index (Phi) is 6.98. The Labute approximate surface area is 144 Å². The van der Waals surface area contributed by atoms with Crippen molar-refractivity contribution < 1.29 is 32.2 Å². The summed E-state index contributed by atoms with van der Waals surface area (Å²) >= 11 is 0. The molecule has 2 N–H and O–H groups in total. The fraction of sp³-hybridized carbons (Fsp3) is 0.529. The quantitative estimate of drug-likeness (QED) is 0.622. The van der Waals surface area contributed by atoms with Crippen LogP contribution < -0.4 is 5.73 Å². The maximum absolute atomic E-state index is 13.9. The predicted molar refractivity (Wildman–Crippen MR) is 84.0 cm³/mol. The van der Waals surface area contributed by atoms with Gasteiger partial charge in [0.25, 0.3) is 0 Å². The summed E-state index contributed by atoms with van der Waals surface area (Å²) in [5, 5.41) is 0. The van der Waals surface area contributed by atoms with Crippen molar-refractivity contribution in [2.75, 3.05) is 6.61 Å². The number of carbonyl (C=O) groups excluding carboxylic acids is 2. The number of hydrogen-bond donors (Lipinski definition) is 1. The summed E-state index contributed by atoms with van der Waals surface area (Å²) in [6, 6.07) is -0.450. The van der Waals surface area contributed by atoms with E-state index < -0.39 is 53.4 Å². The molecular weight excluding hydrogens is 339 g/mol. The van der Waals surface area contributed by atoms with Crippen molar-refractivity contribution in [1.82, 2.24) is 0 Å². The van der Waals surface area contributed by atoms with Crippen molar-refractivity contribution in [2.45, 2.75) is 45.8 Å². The average Bonchev–Trinajstić information content (AvgIpc) is 2.47. The molecule has 2 unspecified atom stereocenters. The van der Waals surface area contributed by atoms with Crippen LogP contribution in [-0.4, -0.2) is 30.2 Å². The molecule has 0 aromatic heterocycles. The van der Waals surface area contributed by atoms with Gasteiger partial charge in [0.2, 0.25) is 0 Å². The number of carbonyl (C=O) groups is 2. The van der Waals surface area contributed by atoms with Crippen LogP contribution in [0.4, 0.5) is 13.2 Å². The van der Waals surface area contributed by atoms with E-state index >= 15 is 0 Å². The van der Waals surface area contributed by atoms with Crippen LogP contribution in [0.2, 0.25) is 0 Å². The van der Waals surface area contributed by atoms with Crippen molar-refractivity contribution in [2.24, 2.45) is 11.7 Å². The van der Waals surface area contributed by atoms with Gasteiger partial charge in [-0.05, 0) is 45.7 Å². The lowest BCUT2D eigenvalue weighted by molar-refractivity contribution is -0.165. The summed E-state index contributed by atoms with van der Waals surface area (Å²) in [6.45, 7) is 6.41. The Balaban J connectivity index is 3.16. The van der Waals surface area contributed by atoms with Crippen LogP contribution in [0.5, 0.6) is 0 Å². The third-order valence-electron chi connectivity index (χ3n) is 3.23. The molecule has 8 heteroatoms. The topological polar surface area (TPSA) is 78.6 Å². The molecule has 1 aromatic rings. The largest absolute Gasteiger partial charge is 0.465 e. The second-order valence-corrected chi connectivity index (χ2v) is 6.48. The van der Waals surface area contributed by atoms with Crippen molar-refractivity contribution >= 4 is 11.9 Å². The Hall–Kier alpha value is -2.09. The maximum Gasteiger partial charge on any atom is 0.323 e. The third-order valence-corrected chi connectivity index (χ3v) is 3.23. The van der Waals surface area contributed by atoms with Gasteiger partial charge in [-0.2, -0.15) is 0 Å². The number of ether oxygens (including phenoxy) is 2. The monoisotopic (exact) mass is 361 g/mol. The summed E-state index contributed by atoms with van der Waals surface area (Å²) in [6.07, 6.45) is -0.447. The molecule has 0 saturated heterocycles. The minimum absolute atomic E-state index is 0.0348. The Morgan fingerprint density at radius 3 is 2.16 bits per heavy atom. The molecule has 5 nitrogen and oxygen atoms in total. The van der Waals surface area contributed by atoms with Crippen molar-refractivity contribution in [3.8, 4) is 0 Å². The number of halogens is 3. The first kappa shape index (κ1) is 21.0. The lowest BCUT2D eigenvalue weighted by Gasteiger charge is -2.26. The lowest BCUT2D eigenvalue weighted by atomic mass is 9.92. The molecule has 0 aliphatic carbocycles. The summed E-state index contributed by atoms with van der Waals surface area (Å²) in [5.74, 6) is -6.74. The van der Waals surface area contributed by atoms with Crippen molar-refractivity contribution in [3.63, 3.8) is 0 Å². The first-order valence-corrected chi connectivity index (χ1v) is 7.74. The summed E-state index contributed by atoms with van der Waals surface area (Å²) in [5.41, 5.74) is 4.59.